The highest BCUT2D eigenvalue weighted by Crippen LogP contribution is 2.10. The molecule has 0 aliphatic heterocycles. The number of nitrogens with zero attached hydrogens (tertiary/aromatic N) is 1. The average Bonchev–Trinajstić information content (AvgIpc) is 2.04. The zero-order valence-corrected chi connectivity index (χ0v) is 7.51. The standard InChI is InChI=1S/C9H7ClN2O/c10-8-3-1-2-7(4-8)5-9(13)12-6-11/h1-4H,5H2,(H,12,13). The molecule has 4 heteroatoms. The third-order valence-electron chi connectivity index (χ3n) is 1.45. The molecule has 0 heterocycles. The normalized spacial score (nSPS) is 8.92. The minimum absolute atomic E-state index is 0.175. The second kappa shape index (κ2) is 4.48. The van der Waals surface area contributed by atoms with E-state index in [4.69, 9.17) is 16.9 Å². The van der Waals surface area contributed by atoms with Crippen LogP contribution < -0.4 is 5.32 Å². The first-order valence-electron chi connectivity index (χ1n) is 3.65. The van der Waals surface area contributed by atoms with Crippen molar-refractivity contribution in [3.8, 4) is 6.19 Å². The topological polar surface area (TPSA) is 52.9 Å². The molecule has 1 amide bonds. The number of hydrogen-bond donors (Lipinski definition) is 1. The number of carbonyl (C=O) groups excluding carboxylic acids is 1. The second-order valence-corrected chi connectivity index (χ2v) is 2.90. The molecule has 0 atom stereocenters. The van der Waals surface area contributed by atoms with Gasteiger partial charge in [-0.1, -0.05) is 23.7 Å². The van der Waals surface area contributed by atoms with E-state index in [0.29, 0.717) is 5.02 Å². The number of benzene rings is 1. The lowest BCUT2D eigenvalue weighted by atomic mass is 10.1. The molecule has 0 spiro atoms. The molecule has 1 N–H and O–H groups in total. The number of rotatable bonds is 2. The van der Waals surface area contributed by atoms with E-state index < -0.39 is 0 Å². The fraction of sp³-hybridized carbons (Fsp3) is 0.111. The van der Waals surface area contributed by atoms with Gasteiger partial charge in [-0.15, -0.1) is 0 Å². The van der Waals surface area contributed by atoms with Gasteiger partial charge < -0.3 is 0 Å². The lowest BCUT2D eigenvalue weighted by Crippen LogP contribution is -2.19. The SMILES string of the molecule is N#CNC(=O)Cc1cccc(Cl)c1. The summed E-state index contributed by atoms with van der Waals surface area (Å²) in [5.41, 5.74) is 0.792. The highest BCUT2D eigenvalue weighted by Gasteiger charge is 2.01. The molecule has 1 rings (SSSR count). The van der Waals surface area contributed by atoms with Gasteiger partial charge in [-0.2, -0.15) is 5.26 Å². The van der Waals surface area contributed by atoms with Crippen molar-refractivity contribution < 1.29 is 4.79 Å². The zero-order valence-electron chi connectivity index (χ0n) is 6.75. The van der Waals surface area contributed by atoms with E-state index in [0.717, 1.165) is 5.56 Å². The van der Waals surface area contributed by atoms with Crippen LogP contribution in [0.4, 0.5) is 0 Å². The number of halogens is 1. The Kier molecular flexibility index (Phi) is 3.30. The van der Waals surface area contributed by atoms with Gasteiger partial charge in [-0.25, -0.2) is 0 Å². The Hall–Kier alpha value is -1.53. The van der Waals surface area contributed by atoms with Gasteiger partial charge >= 0.3 is 0 Å². The summed E-state index contributed by atoms with van der Waals surface area (Å²) in [6.45, 7) is 0. The number of amides is 1. The summed E-state index contributed by atoms with van der Waals surface area (Å²) in [5, 5.41) is 10.8. The van der Waals surface area contributed by atoms with E-state index >= 15 is 0 Å². The predicted molar refractivity (Wildman–Crippen MR) is 48.9 cm³/mol. The van der Waals surface area contributed by atoms with E-state index in [2.05, 4.69) is 0 Å². The van der Waals surface area contributed by atoms with Crippen molar-refractivity contribution in [1.29, 1.82) is 5.26 Å². The van der Waals surface area contributed by atoms with Crippen LogP contribution in [0.3, 0.4) is 0 Å². The van der Waals surface area contributed by atoms with Crippen molar-refractivity contribution in [2.75, 3.05) is 0 Å². The predicted octanol–water partition coefficient (Wildman–Crippen LogP) is 1.48. The lowest BCUT2D eigenvalue weighted by Gasteiger charge is -1.98. The van der Waals surface area contributed by atoms with Crippen molar-refractivity contribution in [1.82, 2.24) is 5.32 Å². The summed E-state index contributed by atoms with van der Waals surface area (Å²) in [6, 6.07) is 6.96. The Morgan fingerprint density at radius 1 is 1.62 bits per heavy atom. The maximum absolute atomic E-state index is 10.9. The van der Waals surface area contributed by atoms with Gasteiger partial charge in [0.15, 0.2) is 6.19 Å². The fourth-order valence-electron chi connectivity index (χ4n) is 0.939. The van der Waals surface area contributed by atoms with Crippen LogP contribution >= 0.6 is 11.6 Å². The van der Waals surface area contributed by atoms with Crippen molar-refractivity contribution in [3.63, 3.8) is 0 Å². The molecule has 0 aromatic heterocycles. The molecular weight excluding hydrogens is 188 g/mol. The van der Waals surface area contributed by atoms with Gasteiger partial charge in [0.1, 0.15) is 0 Å². The van der Waals surface area contributed by atoms with Gasteiger partial charge in [0.05, 0.1) is 6.42 Å². The third-order valence-corrected chi connectivity index (χ3v) is 1.68. The Morgan fingerprint density at radius 3 is 3.00 bits per heavy atom. The zero-order chi connectivity index (χ0) is 9.68. The van der Waals surface area contributed by atoms with E-state index in [9.17, 15) is 4.79 Å². The van der Waals surface area contributed by atoms with E-state index in [1.807, 2.05) is 5.32 Å². The molecule has 66 valence electrons. The molecule has 0 saturated heterocycles. The molecule has 0 saturated carbocycles. The number of carbonyl (C=O) groups is 1. The van der Waals surface area contributed by atoms with Gasteiger partial charge in [-0.3, -0.25) is 10.1 Å². The quantitative estimate of drug-likeness (QED) is 0.573. The van der Waals surface area contributed by atoms with E-state index in [-0.39, 0.29) is 12.3 Å². The Labute approximate surface area is 80.9 Å². The van der Waals surface area contributed by atoms with Crippen LogP contribution in [0.2, 0.25) is 5.02 Å². The minimum Gasteiger partial charge on any atom is -0.274 e. The molecule has 0 aliphatic rings. The second-order valence-electron chi connectivity index (χ2n) is 2.47. The van der Waals surface area contributed by atoms with Crippen LogP contribution in [0, 0.1) is 11.5 Å². The molecule has 1 aromatic carbocycles. The Bertz CT molecular complexity index is 357. The summed E-state index contributed by atoms with van der Waals surface area (Å²) in [6.07, 6.45) is 1.74. The third kappa shape index (κ3) is 3.14. The molecule has 13 heavy (non-hydrogen) atoms. The molecule has 0 fully saturated rings. The van der Waals surface area contributed by atoms with Crippen molar-refractivity contribution in [3.05, 3.63) is 34.9 Å². The maximum Gasteiger partial charge on any atom is 0.237 e. The van der Waals surface area contributed by atoms with Gasteiger partial charge in [0.2, 0.25) is 5.91 Å². The van der Waals surface area contributed by atoms with Crippen LogP contribution in [0.1, 0.15) is 5.56 Å². The molecule has 1 aromatic rings. The molecule has 0 aliphatic carbocycles. The van der Waals surface area contributed by atoms with Crippen LogP contribution in [-0.2, 0) is 11.2 Å². The first-order chi connectivity index (χ1) is 6.22. The van der Waals surface area contributed by atoms with Gasteiger partial charge in [0, 0.05) is 5.02 Å². The Morgan fingerprint density at radius 2 is 2.38 bits per heavy atom. The van der Waals surface area contributed by atoms with E-state index in [1.54, 1.807) is 30.5 Å². The van der Waals surface area contributed by atoms with Crippen molar-refractivity contribution in [2.45, 2.75) is 6.42 Å². The average molecular weight is 195 g/mol. The summed E-state index contributed by atoms with van der Waals surface area (Å²) in [5.74, 6) is -0.329. The van der Waals surface area contributed by atoms with Crippen LogP contribution in [0.5, 0.6) is 0 Å². The van der Waals surface area contributed by atoms with Crippen LogP contribution in [-0.4, -0.2) is 5.91 Å². The fourth-order valence-corrected chi connectivity index (χ4v) is 1.15. The summed E-state index contributed by atoms with van der Waals surface area (Å²) in [7, 11) is 0. The van der Waals surface area contributed by atoms with E-state index in [1.165, 1.54) is 0 Å². The number of nitrogens with one attached hydrogen (secondary N) is 1. The van der Waals surface area contributed by atoms with Crippen LogP contribution in [0.25, 0.3) is 0 Å². The molecule has 0 bridgehead atoms. The smallest absolute Gasteiger partial charge is 0.237 e. The maximum atomic E-state index is 10.9. The highest BCUT2D eigenvalue weighted by molar-refractivity contribution is 6.30. The summed E-state index contributed by atoms with van der Waals surface area (Å²) in [4.78, 5) is 10.9. The monoisotopic (exact) mass is 194 g/mol. The Balaban J connectivity index is 2.65. The molecular formula is C9H7ClN2O. The minimum atomic E-state index is -0.329. The van der Waals surface area contributed by atoms with Crippen LogP contribution in [0.15, 0.2) is 24.3 Å². The van der Waals surface area contributed by atoms with Gasteiger partial charge in [-0.05, 0) is 17.7 Å². The first kappa shape index (κ1) is 9.56. The summed E-state index contributed by atoms with van der Waals surface area (Å²) >= 11 is 5.71. The molecule has 0 radical (unpaired) electrons. The first-order valence-corrected chi connectivity index (χ1v) is 4.02. The number of hydrogen-bond acceptors (Lipinski definition) is 2. The molecule has 3 nitrogen and oxygen atoms in total. The number of nitriles is 1. The molecule has 0 unspecified atom stereocenters. The van der Waals surface area contributed by atoms with Crippen molar-refractivity contribution >= 4 is 17.5 Å². The van der Waals surface area contributed by atoms with Gasteiger partial charge in [0.25, 0.3) is 0 Å². The van der Waals surface area contributed by atoms with Crippen molar-refractivity contribution in [2.24, 2.45) is 0 Å². The summed E-state index contributed by atoms with van der Waals surface area (Å²) < 4.78 is 0. The lowest BCUT2D eigenvalue weighted by molar-refractivity contribution is -0.119. The largest absolute Gasteiger partial charge is 0.274 e. The highest BCUT2D eigenvalue weighted by atomic mass is 35.5.